The molecule has 0 radical (unpaired) electrons. The van der Waals surface area contributed by atoms with Crippen LogP contribution in [0.25, 0.3) is 0 Å². The van der Waals surface area contributed by atoms with Gasteiger partial charge in [-0.05, 0) is 11.5 Å². The lowest BCUT2D eigenvalue weighted by molar-refractivity contribution is 0.782. The van der Waals surface area contributed by atoms with Crippen molar-refractivity contribution in [2.45, 2.75) is 13.8 Å². The highest BCUT2D eigenvalue weighted by Gasteiger charge is 2.12. The Balaban J connectivity index is 3.35. The molecule has 0 aromatic heterocycles. The summed E-state index contributed by atoms with van der Waals surface area (Å²) < 4.78 is 0. The van der Waals surface area contributed by atoms with E-state index < -0.39 is 0 Å². The van der Waals surface area contributed by atoms with Gasteiger partial charge >= 0.3 is 0 Å². The lowest BCUT2D eigenvalue weighted by Crippen LogP contribution is -1.98. The zero-order chi connectivity index (χ0) is 11.3. The summed E-state index contributed by atoms with van der Waals surface area (Å²) in [4.78, 5) is 0. The minimum Gasteiger partial charge on any atom is -0.192 e. The molecule has 0 amide bonds. The summed E-state index contributed by atoms with van der Waals surface area (Å²) in [6.45, 7) is 4.09. The molecule has 2 heteroatoms. The van der Waals surface area contributed by atoms with Crippen LogP contribution in [-0.2, 0) is 0 Å². The molecule has 15 heavy (non-hydrogen) atoms. The van der Waals surface area contributed by atoms with Gasteiger partial charge in [0.15, 0.2) is 0 Å². The number of allylic oxidation sites excluding steroid dienone is 8. The molecule has 0 aromatic carbocycles. The first-order valence-electron chi connectivity index (χ1n) is 4.80. The Labute approximate surface area is 90.1 Å². The third-order valence-corrected chi connectivity index (χ3v) is 2.19. The van der Waals surface area contributed by atoms with E-state index in [1.54, 1.807) is 0 Å². The fraction of sp³-hybridized carbons (Fsp3) is 0.231. The van der Waals surface area contributed by atoms with E-state index in [0.717, 1.165) is 11.1 Å². The largest absolute Gasteiger partial charge is 0.192 e. The average molecular weight is 196 g/mol. The monoisotopic (exact) mass is 196 g/mol. The van der Waals surface area contributed by atoms with E-state index in [4.69, 9.17) is 10.5 Å². The molecule has 0 atom stereocenters. The van der Waals surface area contributed by atoms with Crippen LogP contribution in [0.5, 0.6) is 0 Å². The molecule has 0 unspecified atom stereocenters. The van der Waals surface area contributed by atoms with Crippen molar-refractivity contribution in [2.24, 2.45) is 5.92 Å². The number of nitrogens with zero attached hydrogens (tertiary/aromatic N) is 2. The van der Waals surface area contributed by atoms with Crippen LogP contribution in [-0.4, -0.2) is 0 Å². The summed E-state index contributed by atoms with van der Waals surface area (Å²) >= 11 is 0. The van der Waals surface area contributed by atoms with Gasteiger partial charge in [-0.2, -0.15) is 10.5 Å². The Morgan fingerprint density at radius 3 is 2.33 bits per heavy atom. The Kier molecular flexibility index (Phi) is 3.66. The number of hydrogen-bond donors (Lipinski definition) is 0. The van der Waals surface area contributed by atoms with Crippen molar-refractivity contribution < 1.29 is 0 Å². The lowest BCUT2D eigenvalue weighted by Gasteiger charge is -2.11. The van der Waals surface area contributed by atoms with Crippen LogP contribution in [0, 0.1) is 28.6 Å². The van der Waals surface area contributed by atoms with E-state index in [-0.39, 0.29) is 5.57 Å². The van der Waals surface area contributed by atoms with Crippen LogP contribution in [0.1, 0.15) is 13.8 Å². The molecule has 74 valence electrons. The van der Waals surface area contributed by atoms with E-state index in [1.807, 2.05) is 56.4 Å². The molecule has 0 saturated heterocycles. The van der Waals surface area contributed by atoms with Crippen molar-refractivity contribution in [1.82, 2.24) is 0 Å². The van der Waals surface area contributed by atoms with Gasteiger partial charge < -0.3 is 0 Å². The number of hydrogen-bond acceptors (Lipinski definition) is 2. The number of rotatable bonds is 1. The first-order chi connectivity index (χ1) is 7.20. The molecule has 0 bridgehead atoms. The summed E-state index contributed by atoms with van der Waals surface area (Å²) in [7, 11) is 0. The van der Waals surface area contributed by atoms with Crippen LogP contribution in [0.2, 0.25) is 0 Å². The van der Waals surface area contributed by atoms with Crippen LogP contribution >= 0.6 is 0 Å². The molecule has 0 heterocycles. The molecule has 0 saturated carbocycles. The van der Waals surface area contributed by atoms with Gasteiger partial charge in [0.1, 0.15) is 17.7 Å². The minimum absolute atomic E-state index is 0.176. The minimum atomic E-state index is 0.176. The first-order valence-corrected chi connectivity index (χ1v) is 4.80. The summed E-state index contributed by atoms with van der Waals surface area (Å²) in [5.74, 6) is 0.295. The van der Waals surface area contributed by atoms with E-state index in [9.17, 15) is 0 Å². The van der Waals surface area contributed by atoms with Crippen molar-refractivity contribution in [3.05, 3.63) is 47.1 Å². The van der Waals surface area contributed by atoms with Gasteiger partial charge in [-0.1, -0.05) is 44.2 Å². The standard InChI is InChI=1S/C13H12N2/c1-10(2)12-6-4-3-5-7-13(12)11(8-14)9-15/h3-7,10H,1-2H3. The third kappa shape index (κ3) is 2.45. The Morgan fingerprint density at radius 2 is 1.80 bits per heavy atom. The SMILES string of the molecule is CC(C)C1=CC=CC=CC1=C(C#N)C#N. The molecule has 0 N–H and O–H groups in total. The molecule has 1 rings (SSSR count). The fourth-order valence-electron chi connectivity index (χ4n) is 1.44. The van der Waals surface area contributed by atoms with Crippen LogP contribution in [0.3, 0.4) is 0 Å². The predicted octanol–water partition coefficient (Wildman–Crippen LogP) is 3.04. The Morgan fingerprint density at radius 1 is 1.13 bits per heavy atom. The summed E-state index contributed by atoms with van der Waals surface area (Å²) in [5.41, 5.74) is 1.94. The fourth-order valence-corrected chi connectivity index (χ4v) is 1.44. The van der Waals surface area contributed by atoms with E-state index in [0.29, 0.717) is 5.92 Å². The predicted molar refractivity (Wildman–Crippen MR) is 59.5 cm³/mol. The average Bonchev–Trinajstić information content (AvgIpc) is 2.45. The quantitative estimate of drug-likeness (QED) is 0.605. The van der Waals surface area contributed by atoms with Crippen molar-refractivity contribution in [1.29, 1.82) is 10.5 Å². The molecule has 2 nitrogen and oxygen atoms in total. The molecular weight excluding hydrogens is 184 g/mol. The van der Waals surface area contributed by atoms with E-state index >= 15 is 0 Å². The van der Waals surface area contributed by atoms with Crippen LogP contribution in [0.15, 0.2) is 47.1 Å². The highest BCUT2D eigenvalue weighted by atomic mass is 14.3. The highest BCUT2D eigenvalue weighted by molar-refractivity contribution is 5.56. The molecule has 0 aromatic rings. The Hall–Kier alpha value is -2.06. The molecular formula is C13H12N2. The van der Waals surface area contributed by atoms with E-state index in [2.05, 4.69) is 0 Å². The van der Waals surface area contributed by atoms with E-state index in [1.165, 1.54) is 0 Å². The van der Waals surface area contributed by atoms with Crippen molar-refractivity contribution in [2.75, 3.05) is 0 Å². The van der Waals surface area contributed by atoms with Crippen LogP contribution < -0.4 is 0 Å². The normalized spacial score (nSPS) is 14.2. The second-order valence-electron chi connectivity index (χ2n) is 3.53. The van der Waals surface area contributed by atoms with Gasteiger partial charge in [0.25, 0.3) is 0 Å². The lowest BCUT2D eigenvalue weighted by atomic mass is 9.92. The maximum atomic E-state index is 8.86. The Bertz CT molecular complexity index is 430. The number of nitriles is 2. The summed E-state index contributed by atoms with van der Waals surface area (Å²) in [5, 5.41) is 17.7. The molecule has 0 aliphatic heterocycles. The van der Waals surface area contributed by atoms with Crippen molar-refractivity contribution in [3.8, 4) is 12.1 Å². The summed E-state index contributed by atoms with van der Waals surface area (Å²) in [6.07, 6.45) is 9.43. The molecule has 1 aliphatic carbocycles. The van der Waals surface area contributed by atoms with Crippen molar-refractivity contribution in [3.63, 3.8) is 0 Å². The topological polar surface area (TPSA) is 47.6 Å². The van der Waals surface area contributed by atoms with Gasteiger partial charge in [-0.3, -0.25) is 0 Å². The molecule has 0 fully saturated rings. The maximum absolute atomic E-state index is 8.86. The van der Waals surface area contributed by atoms with Gasteiger partial charge in [-0.25, -0.2) is 0 Å². The van der Waals surface area contributed by atoms with Gasteiger partial charge in [0.2, 0.25) is 0 Å². The molecule has 1 aliphatic rings. The first kappa shape index (κ1) is 11.0. The summed E-state index contributed by atoms with van der Waals surface area (Å²) in [6, 6.07) is 3.87. The van der Waals surface area contributed by atoms with Crippen molar-refractivity contribution >= 4 is 0 Å². The zero-order valence-corrected chi connectivity index (χ0v) is 8.86. The second-order valence-corrected chi connectivity index (χ2v) is 3.53. The zero-order valence-electron chi connectivity index (χ0n) is 8.86. The third-order valence-electron chi connectivity index (χ3n) is 2.19. The molecule has 0 spiro atoms. The van der Waals surface area contributed by atoms with Gasteiger partial charge in [-0.15, -0.1) is 0 Å². The van der Waals surface area contributed by atoms with Gasteiger partial charge in [0, 0.05) is 5.57 Å². The smallest absolute Gasteiger partial charge is 0.137 e. The maximum Gasteiger partial charge on any atom is 0.137 e. The van der Waals surface area contributed by atoms with Crippen LogP contribution in [0.4, 0.5) is 0 Å². The van der Waals surface area contributed by atoms with Gasteiger partial charge in [0.05, 0.1) is 0 Å². The second kappa shape index (κ2) is 4.98. The highest BCUT2D eigenvalue weighted by Crippen LogP contribution is 2.25.